The first-order valence-electron chi connectivity index (χ1n) is 9.06. The zero-order chi connectivity index (χ0) is 18.6. The number of fused-ring (bicyclic) bond motifs is 1. The number of benzene rings is 3. The molecule has 0 spiro atoms. The van der Waals surface area contributed by atoms with Crippen LogP contribution in [0.2, 0.25) is 5.02 Å². The van der Waals surface area contributed by atoms with Gasteiger partial charge in [0.15, 0.2) is 11.5 Å². The maximum Gasteiger partial charge on any atom is 0.231 e. The van der Waals surface area contributed by atoms with E-state index in [4.69, 9.17) is 21.1 Å². The summed E-state index contributed by atoms with van der Waals surface area (Å²) in [5.41, 5.74) is 6.07. The molecule has 0 unspecified atom stereocenters. The van der Waals surface area contributed by atoms with Crippen molar-refractivity contribution >= 4 is 17.7 Å². The molecule has 136 valence electrons. The zero-order valence-electron chi connectivity index (χ0n) is 15.2. The smallest absolute Gasteiger partial charge is 0.231 e. The van der Waals surface area contributed by atoms with Crippen LogP contribution in [0.3, 0.4) is 0 Å². The Kier molecular flexibility index (Phi) is 5.17. The van der Waals surface area contributed by atoms with Crippen molar-refractivity contribution in [2.75, 3.05) is 6.79 Å². The summed E-state index contributed by atoms with van der Waals surface area (Å²) in [6.07, 6.45) is 6.07. The first kappa shape index (κ1) is 17.7. The Bertz CT molecular complexity index is 957. The molecule has 3 heteroatoms. The summed E-state index contributed by atoms with van der Waals surface area (Å²) in [6, 6.07) is 21.0. The molecule has 0 fully saturated rings. The van der Waals surface area contributed by atoms with E-state index in [0.717, 1.165) is 29.9 Å². The number of halogens is 1. The Morgan fingerprint density at radius 1 is 0.889 bits per heavy atom. The fraction of sp³-hybridized carbons (Fsp3) is 0.167. The lowest BCUT2D eigenvalue weighted by Gasteiger charge is -2.07. The van der Waals surface area contributed by atoms with Gasteiger partial charge in [-0.1, -0.05) is 77.8 Å². The van der Waals surface area contributed by atoms with Gasteiger partial charge in [0.05, 0.1) is 0 Å². The number of aryl methyl sites for hydroxylation is 1. The summed E-state index contributed by atoms with van der Waals surface area (Å²) in [7, 11) is 0. The molecule has 27 heavy (non-hydrogen) atoms. The maximum atomic E-state index is 6.38. The number of rotatable bonds is 5. The van der Waals surface area contributed by atoms with E-state index in [1.54, 1.807) is 0 Å². The van der Waals surface area contributed by atoms with Crippen LogP contribution >= 0.6 is 11.6 Å². The van der Waals surface area contributed by atoms with Crippen LogP contribution in [0.15, 0.2) is 66.7 Å². The Morgan fingerprint density at radius 2 is 1.56 bits per heavy atom. The van der Waals surface area contributed by atoms with E-state index in [1.165, 1.54) is 22.3 Å². The topological polar surface area (TPSA) is 18.5 Å². The van der Waals surface area contributed by atoms with Crippen molar-refractivity contribution in [2.24, 2.45) is 0 Å². The first-order valence-corrected chi connectivity index (χ1v) is 9.44. The molecule has 1 aliphatic rings. The Labute approximate surface area is 165 Å². The molecular formula is C24H21ClO2. The van der Waals surface area contributed by atoms with Crippen LogP contribution in [0.5, 0.6) is 11.5 Å². The molecule has 3 aromatic carbocycles. The average molecular weight is 377 g/mol. The van der Waals surface area contributed by atoms with Gasteiger partial charge in [0.2, 0.25) is 6.79 Å². The lowest BCUT2D eigenvalue weighted by atomic mass is 10.0. The van der Waals surface area contributed by atoms with E-state index in [0.29, 0.717) is 5.02 Å². The van der Waals surface area contributed by atoms with Gasteiger partial charge in [0.25, 0.3) is 0 Å². The highest BCUT2D eigenvalue weighted by atomic mass is 35.5. The van der Waals surface area contributed by atoms with Crippen LogP contribution in [0.1, 0.15) is 27.8 Å². The van der Waals surface area contributed by atoms with Crippen molar-refractivity contribution < 1.29 is 9.47 Å². The highest BCUT2D eigenvalue weighted by molar-refractivity contribution is 6.31. The quantitative estimate of drug-likeness (QED) is 0.526. The largest absolute Gasteiger partial charge is 0.454 e. The van der Waals surface area contributed by atoms with Gasteiger partial charge in [-0.2, -0.15) is 0 Å². The van der Waals surface area contributed by atoms with Gasteiger partial charge in [0, 0.05) is 11.1 Å². The molecule has 1 aliphatic heterocycles. The normalized spacial score (nSPS) is 12.7. The van der Waals surface area contributed by atoms with Crippen molar-refractivity contribution in [2.45, 2.75) is 19.8 Å². The van der Waals surface area contributed by atoms with Gasteiger partial charge in [0.1, 0.15) is 0 Å². The van der Waals surface area contributed by atoms with Crippen LogP contribution < -0.4 is 9.47 Å². The third kappa shape index (κ3) is 4.35. The average Bonchev–Trinajstić information content (AvgIpc) is 3.12. The SMILES string of the molecule is Cc1ccc(C/C=C/c2ccc(Cc3cc4c(cc3Cl)OCO4)cc2)cc1. The van der Waals surface area contributed by atoms with E-state index < -0.39 is 0 Å². The maximum absolute atomic E-state index is 6.38. The predicted octanol–water partition coefficient (Wildman–Crippen LogP) is 6.22. The molecule has 0 N–H and O–H groups in total. The van der Waals surface area contributed by atoms with E-state index >= 15 is 0 Å². The number of allylic oxidation sites excluding steroid dienone is 1. The minimum absolute atomic E-state index is 0.263. The summed E-state index contributed by atoms with van der Waals surface area (Å²) in [5.74, 6) is 1.49. The second-order valence-electron chi connectivity index (χ2n) is 6.81. The predicted molar refractivity (Wildman–Crippen MR) is 111 cm³/mol. The van der Waals surface area contributed by atoms with Gasteiger partial charge < -0.3 is 9.47 Å². The van der Waals surface area contributed by atoms with Crippen molar-refractivity contribution in [3.63, 3.8) is 0 Å². The Hall–Kier alpha value is -2.71. The van der Waals surface area contributed by atoms with Gasteiger partial charge in [-0.05, 0) is 48.1 Å². The van der Waals surface area contributed by atoms with Gasteiger partial charge >= 0.3 is 0 Å². The zero-order valence-corrected chi connectivity index (χ0v) is 16.0. The third-order valence-corrected chi connectivity index (χ3v) is 5.05. The summed E-state index contributed by atoms with van der Waals surface area (Å²) in [6.45, 7) is 2.37. The molecule has 3 aromatic rings. The Morgan fingerprint density at radius 3 is 2.30 bits per heavy atom. The second-order valence-corrected chi connectivity index (χ2v) is 7.21. The second kappa shape index (κ2) is 7.89. The van der Waals surface area contributed by atoms with Crippen molar-refractivity contribution in [1.29, 1.82) is 0 Å². The molecule has 0 aliphatic carbocycles. The fourth-order valence-corrected chi connectivity index (χ4v) is 3.34. The van der Waals surface area contributed by atoms with Crippen LogP contribution in [0, 0.1) is 6.92 Å². The van der Waals surface area contributed by atoms with Crippen molar-refractivity contribution in [3.8, 4) is 11.5 Å². The molecule has 4 rings (SSSR count). The van der Waals surface area contributed by atoms with Gasteiger partial charge in [-0.15, -0.1) is 0 Å². The molecule has 0 aromatic heterocycles. The molecule has 0 atom stereocenters. The molecular weight excluding hydrogens is 356 g/mol. The molecule has 1 heterocycles. The fourth-order valence-electron chi connectivity index (χ4n) is 3.12. The molecule has 0 bridgehead atoms. The molecule has 0 amide bonds. The summed E-state index contributed by atoms with van der Waals surface area (Å²) >= 11 is 6.38. The van der Waals surface area contributed by atoms with E-state index in [9.17, 15) is 0 Å². The third-order valence-electron chi connectivity index (χ3n) is 4.70. The van der Waals surface area contributed by atoms with Crippen LogP contribution in [-0.2, 0) is 12.8 Å². The van der Waals surface area contributed by atoms with E-state index in [-0.39, 0.29) is 6.79 Å². The van der Waals surface area contributed by atoms with E-state index in [2.05, 4.69) is 67.6 Å². The molecule has 0 saturated heterocycles. The molecule has 0 radical (unpaired) electrons. The summed E-state index contributed by atoms with van der Waals surface area (Å²) < 4.78 is 10.8. The van der Waals surface area contributed by atoms with Crippen molar-refractivity contribution in [1.82, 2.24) is 0 Å². The number of hydrogen-bond donors (Lipinski definition) is 0. The number of ether oxygens (including phenoxy) is 2. The molecule has 2 nitrogen and oxygen atoms in total. The van der Waals surface area contributed by atoms with E-state index in [1.807, 2.05) is 12.1 Å². The monoisotopic (exact) mass is 376 g/mol. The van der Waals surface area contributed by atoms with Crippen LogP contribution in [0.4, 0.5) is 0 Å². The highest BCUT2D eigenvalue weighted by Crippen LogP contribution is 2.37. The van der Waals surface area contributed by atoms with Gasteiger partial charge in [-0.3, -0.25) is 0 Å². The standard InChI is InChI=1S/C24H21ClO2/c1-17-5-7-18(8-6-17)3-2-4-19-9-11-20(12-10-19)13-21-14-23-24(15-22(21)25)27-16-26-23/h2,4-12,14-15H,3,13,16H2,1H3/b4-2+. The summed E-state index contributed by atoms with van der Waals surface area (Å²) in [5, 5.41) is 0.710. The van der Waals surface area contributed by atoms with Gasteiger partial charge in [-0.25, -0.2) is 0 Å². The summed E-state index contributed by atoms with van der Waals surface area (Å²) in [4.78, 5) is 0. The van der Waals surface area contributed by atoms with Crippen LogP contribution in [0.25, 0.3) is 6.08 Å². The first-order chi connectivity index (χ1) is 13.2. The van der Waals surface area contributed by atoms with Crippen molar-refractivity contribution in [3.05, 3.63) is 99.6 Å². The van der Waals surface area contributed by atoms with Crippen LogP contribution in [-0.4, -0.2) is 6.79 Å². The minimum Gasteiger partial charge on any atom is -0.454 e. The Balaban J connectivity index is 1.40. The number of hydrogen-bond acceptors (Lipinski definition) is 2. The lowest BCUT2D eigenvalue weighted by molar-refractivity contribution is 0.174. The molecule has 0 saturated carbocycles. The highest BCUT2D eigenvalue weighted by Gasteiger charge is 2.16. The minimum atomic E-state index is 0.263. The lowest BCUT2D eigenvalue weighted by Crippen LogP contribution is -1.93.